The van der Waals surface area contributed by atoms with Crippen LogP contribution in [0.2, 0.25) is 0 Å². The minimum absolute atomic E-state index is 0.179. The highest BCUT2D eigenvalue weighted by Crippen LogP contribution is 2.13. The fraction of sp³-hybridized carbons (Fsp3) is 0.571. The Balaban J connectivity index is 2.39. The van der Waals surface area contributed by atoms with Gasteiger partial charge >= 0.3 is 0 Å². The summed E-state index contributed by atoms with van der Waals surface area (Å²) in [6, 6.07) is 8.68. The predicted molar refractivity (Wildman–Crippen MR) is 70.5 cm³/mol. The molecule has 1 rings (SSSR count). The number of hydrogen-bond acceptors (Lipinski definition) is 3. The molecule has 0 heterocycles. The fourth-order valence-electron chi connectivity index (χ4n) is 1.75. The number of rotatable bonds is 8. The Hall–Kier alpha value is -1.06. The van der Waals surface area contributed by atoms with E-state index >= 15 is 0 Å². The lowest BCUT2D eigenvalue weighted by molar-refractivity contribution is 0.233. The van der Waals surface area contributed by atoms with E-state index in [-0.39, 0.29) is 6.61 Å². The van der Waals surface area contributed by atoms with Crippen LogP contribution in [-0.4, -0.2) is 30.9 Å². The van der Waals surface area contributed by atoms with Gasteiger partial charge in [0.2, 0.25) is 0 Å². The lowest BCUT2D eigenvalue weighted by atomic mass is 10.1. The number of aliphatic hydroxyl groups is 1. The molecule has 0 aliphatic heterocycles. The van der Waals surface area contributed by atoms with Crippen molar-refractivity contribution >= 4 is 0 Å². The predicted octanol–water partition coefficient (Wildman–Crippen LogP) is 1.99. The number of benzene rings is 1. The number of ether oxygens (including phenoxy) is 1. The summed E-state index contributed by atoms with van der Waals surface area (Å²) >= 11 is 0. The molecule has 3 nitrogen and oxygen atoms in total. The lowest BCUT2D eigenvalue weighted by Crippen LogP contribution is -2.27. The van der Waals surface area contributed by atoms with Crippen LogP contribution in [0.3, 0.4) is 0 Å². The van der Waals surface area contributed by atoms with Crippen LogP contribution in [-0.2, 0) is 6.42 Å². The van der Waals surface area contributed by atoms with E-state index < -0.39 is 0 Å². The highest BCUT2D eigenvalue weighted by Gasteiger charge is 2.02. The van der Waals surface area contributed by atoms with Crippen LogP contribution in [0.5, 0.6) is 5.75 Å². The number of nitrogens with one attached hydrogen (secondary N) is 1. The highest BCUT2D eigenvalue weighted by molar-refractivity contribution is 5.27. The number of likely N-dealkylation sites (N-methyl/N-ethyl adjacent to an activating group) is 1. The van der Waals surface area contributed by atoms with Crippen molar-refractivity contribution in [2.24, 2.45) is 0 Å². The maximum Gasteiger partial charge on any atom is 0.119 e. The Morgan fingerprint density at radius 2 is 2.00 bits per heavy atom. The molecule has 0 fully saturated rings. The Bertz CT molecular complexity index is 298. The SMILES string of the molecule is CCNC(C)Cc1ccc(OCCCO)cc1. The molecule has 0 spiro atoms. The molecule has 0 aromatic heterocycles. The zero-order chi connectivity index (χ0) is 12.5. The fourth-order valence-corrected chi connectivity index (χ4v) is 1.75. The van der Waals surface area contributed by atoms with Gasteiger partial charge in [0.05, 0.1) is 6.61 Å². The first-order valence-corrected chi connectivity index (χ1v) is 6.32. The Morgan fingerprint density at radius 1 is 1.29 bits per heavy atom. The van der Waals surface area contributed by atoms with Crippen LogP contribution in [0.1, 0.15) is 25.8 Å². The van der Waals surface area contributed by atoms with Gasteiger partial charge in [-0.15, -0.1) is 0 Å². The third-order valence-corrected chi connectivity index (χ3v) is 2.59. The van der Waals surface area contributed by atoms with Crippen molar-refractivity contribution in [3.05, 3.63) is 29.8 Å². The third-order valence-electron chi connectivity index (χ3n) is 2.59. The van der Waals surface area contributed by atoms with Crippen LogP contribution < -0.4 is 10.1 Å². The van der Waals surface area contributed by atoms with Gasteiger partial charge in [-0.25, -0.2) is 0 Å². The van der Waals surface area contributed by atoms with E-state index in [0.717, 1.165) is 18.7 Å². The van der Waals surface area contributed by atoms with Gasteiger partial charge in [-0.2, -0.15) is 0 Å². The van der Waals surface area contributed by atoms with Crippen LogP contribution in [0.25, 0.3) is 0 Å². The highest BCUT2D eigenvalue weighted by atomic mass is 16.5. The van der Waals surface area contributed by atoms with Crippen molar-refractivity contribution in [3.8, 4) is 5.75 Å². The topological polar surface area (TPSA) is 41.5 Å². The Kier molecular flexibility index (Phi) is 6.67. The van der Waals surface area contributed by atoms with Crippen LogP contribution >= 0.6 is 0 Å². The van der Waals surface area contributed by atoms with Crippen molar-refractivity contribution in [2.75, 3.05) is 19.8 Å². The summed E-state index contributed by atoms with van der Waals surface area (Å²) in [5.41, 5.74) is 1.31. The average Bonchev–Trinajstić information content (AvgIpc) is 2.32. The first-order chi connectivity index (χ1) is 8.26. The second-order valence-corrected chi connectivity index (χ2v) is 4.23. The van der Waals surface area contributed by atoms with Gasteiger partial charge in [0, 0.05) is 19.1 Å². The minimum Gasteiger partial charge on any atom is -0.494 e. The minimum atomic E-state index is 0.179. The molecule has 0 saturated heterocycles. The first-order valence-electron chi connectivity index (χ1n) is 6.32. The van der Waals surface area contributed by atoms with E-state index in [2.05, 4.69) is 31.3 Å². The summed E-state index contributed by atoms with van der Waals surface area (Å²) in [6.45, 7) is 6.06. The molecule has 3 heteroatoms. The smallest absolute Gasteiger partial charge is 0.119 e. The zero-order valence-corrected chi connectivity index (χ0v) is 10.8. The molecule has 1 atom stereocenters. The van der Waals surface area contributed by atoms with Gasteiger partial charge in [-0.3, -0.25) is 0 Å². The van der Waals surface area contributed by atoms with E-state index in [4.69, 9.17) is 9.84 Å². The van der Waals surface area contributed by atoms with E-state index in [9.17, 15) is 0 Å². The normalized spacial score (nSPS) is 12.4. The van der Waals surface area contributed by atoms with Gasteiger partial charge in [-0.05, 0) is 37.6 Å². The molecule has 0 bridgehead atoms. The molecule has 0 aliphatic carbocycles. The molecule has 0 amide bonds. The number of aliphatic hydroxyl groups excluding tert-OH is 1. The molecule has 0 aliphatic rings. The van der Waals surface area contributed by atoms with Crippen molar-refractivity contribution in [1.29, 1.82) is 0 Å². The molecule has 1 aromatic carbocycles. The molecule has 96 valence electrons. The largest absolute Gasteiger partial charge is 0.494 e. The lowest BCUT2D eigenvalue weighted by Gasteiger charge is -2.12. The zero-order valence-electron chi connectivity index (χ0n) is 10.8. The summed E-state index contributed by atoms with van der Waals surface area (Å²) in [5, 5.41) is 12.0. The van der Waals surface area contributed by atoms with Crippen molar-refractivity contribution in [2.45, 2.75) is 32.7 Å². The van der Waals surface area contributed by atoms with Gasteiger partial charge in [0.15, 0.2) is 0 Å². The Morgan fingerprint density at radius 3 is 2.59 bits per heavy atom. The second kappa shape index (κ2) is 8.09. The molecule has 0 saturated carbocycles. The van der Waals surface area contributed by atoms with Crippen molar-refractivity contribution in [1.82, 2.24) is 5.32 Å². The standard InChI is InChI=1S/C14H23NO2/c1-3-15-12(2)11-13-5-7-14(8-6-13)17-10-4-9-16/h5-8,12,15-16H,3-4,9-11H2,1-2H3. The van der Waals surface area contributed by atoms with Crippen LogP contribution in [0, 0.1) is 0 Å². The molecular formula is C14H23NO2. The Labute approximate surface area is 104 Å². The van der Waals surface area contributed by atoms with Crippen LogP contribution in [0.4, 0.5) is 0 Å². The van der Waals surface area contributed by atoms with E-state index in [1.165, 1.54) is 5.56 Å². The maximum atomic E-state index is 8.65. The van der Waals surface area contributed by atoms with Gasteiger partial charge in [-0.1, -0.05) is 19.1 Å². The second-order valence-electron chi connectivity index (χ2n) is 4.23. The number of hydrogen-bond donors (Lipinski definition) is 2. The average molecular weight is 237 g/mol. The summed E-state index contributed by atoms with van der Waals surface area (Å²) in [6.07, 6.45) is 1.71. The maximum absolute atomic E-state index is 8.65. The van der Waals surface area contributed by atoms with Gasteiger partial charge < -0.3 is 15.2 Å². The molecular weight excluding hydrogens is 214 g/mol. The van der Waals surface area contributed by atoms with E-state index in [0.29, 0.717) is 19.1 Å². The third kappa shape index (κ3) is 5.71. The molecule has 1 aromatic rings. The molecule has 17 heavy (non-hydrogen) atoms. The summed E-state index contributed by atoms with van der Waals surface area (Å²) in [7, 11) is 0. The summed E-state index contributed by atoms with van der Waals surface area (Å²) < 4.78 is 5.48. The molecule has 0 radical (unpaired) electrons. The molecule has 2 N–H and O–H groups in total. The molecule has 1 unspecified atom stereocenters. The monoisotopic (exact) mass is 237 g/mol. The quantitative estimate of drug-likeness (QED) is 0.679. The summed E-state index contributed by atoms with van der Waals surface area (Å²) in [4.78, 5) is 0. The van der Waals surface area contributed by atoms with Gasteiger partial charge in [0.1, 0.15) is 5.75 Å². The van der Waals surface area contributed by atoms with Crippen LogP contribution in [0.15, 0.2) is 24.3 Å². The van der Waals surface area contributed by atoms with Crippen molar-refractivity contribution in [3.63, 3.8) is 0 Å². The first kappa shape index (κ1) is 14.0. The van der Waals surface area contributed by atoms with E-state index in [1.807, 2.05) is 12.1 Å². The van der Waals surface area contributed by atoms with E-state index in [1.54, 1.807) is 0 Å². The summed E-state index contributed by atoms with van der Waals surface area (Å²) in [5.74, 6) is 0.873. The van der Waals surface area contributed by atoms with Gasteiger partial charge in [0.25, 0.3) is 0 Å². The van der Waals surface area contributed by atoms with Crippen molar-refractivity contribution < 1.29 is 9.84 Å².